The minimum Gasteiger partial charge on any atom is -0.468 e. The third-order valence-electron chi connectivity index (χ3n) is 1.98. The van der Waals surface area contributed by atoms with Crippen LogP contribution >= 0.6 is 12.4 Å². The molecule has 0 heterocycles. The summed E-state index contributed by atoms with van der Waals surface area (Å²) < 4.78 is 4.56. The molecule has 0 aromatic heterocycles. The van der Waals surface area contributed by atoms with Crippen molar-refractivity contribution in [3.05, 3.63) is 35.4 Å². The zero-order valence-electron chi connectivity index (χ0n) is 8.19. The number of aryl methyl sites for hydroxylation is 1. The first kappa shape index (κ1) is 12.9. The van der Waals surface area contributed by atoms with Crippen LogP contribution in [0.4, 0.5) is 0 Å². The second-order valence-electron chi connectivity index (χ2n) is 2.86. The minimum atomic E-state index is -0.675. The highest BCUT2D eigenvalue weighted by Crippen LogP contribution is 2.15. The summed E-state index contributed by atoms with van der Waals surface area (Å²) in [5, 5.41) is 0. The molecule has 0 fully saturated rings. The third kappa shape index (κ3) is 2.72. The van der Waals surface area contributed by atoms with Gasteiger partial charge in [0.2, 0.25) is 0 Å². The third-order valence-corrected chi connectivity index (χ3v) is 1.98. The van der Waals surface area contributed by atoms with Crippen LogP contribution in [0, 0.1) is 6.92 Å². The first-order valence-electron chi connectivity index (χ1n) is 4.05. The maximum atomic E-state index is 11.1. The smallest absolute Gasteiger partial charge is 0.327 e. The molecule has 0 radical (unpaired) electrons. The normalized spacial score (nSPS) is 11.4. The van der Waals surface area contributed by atoms with Crippen molar-refractivity contribution in [1.82, 2.24) is 0 Å². The van der Waals surface area contributed by atoms with E-state index in [1.807, 2.05) is 31.2 Å². The molecule has 0 saturated heterocycles. The maximum Gasteiger partial charge on any atom is 0.327 e. The van der Waals surface area contributed by atoms with Gasteiger partial charge in [-0.1, -0.05) is 24.3 Å². The second kappa shape index (κ2) is 5.62. The van der Waals surface area contributed by atoms with Gasteiger partial charge in [0.15, 0.2) is 0 Å². The van der Waals surface area contributed by atoms with E-state index in [9.17, 15) is 4.79 Å². The van der Waals surface area contributed by atoms with E-state index in [-0.39, 0.29) is 12.4 Å². The lowest BCUT2D eigenvalue weighted by atomic mass is 10.0. The predicted molar refractivity (Wildman–Crippen MR) is 57.4 cm³/mol. The Kier molecular flexibility index (Phi) is 5.20. The SMILES string of the molecule is COC(=O)C(N)c1ccccc1C.Cl. The fraction of sp³-hybridized carbons (Fsp3) is 0.300. The van der Waals surface area contributed by atoms with E-state index in [1.54, 1.807) is 0 Å². The summed E-state index contributed by atoms with van der Waals surface area (Å²) in [6.07, 6.45) is 0. The Morgan fingerprint density at radius 2 is 2.00 bits per heavy atom. The molecule has 0 saturated carbocycles. The average Bonchev–Trinajstić information content (AvgIpc) is 2.16. The fourth-order valence-electron chi connectivity index (χ4n) is 1.19. The largest absolute Gasteiger partial charge is 0.468 e. The molecule has 4 heteroatoms. The number of hydrogen-bond acceptors (Lipinski definition) is 3. The van der Waals surface area contributed by atoms with E-state index in [0.29, 0.717) is 0 Å². The molecule has 2 N–H and O–H groups in total. The second-order valence-corrected chi connectivity index (χ2v) is 2.86. The Hall–Kier alpha value is -1.06. The molecule has 0 amide bonds. The van der Waals surface area contributed by atoms with Crippen molar-refractivity contribution in [2.45, 2.75) is 13.0 Å². The first-order chi connectivity index (χ1) is 6.16. The predicted octanol–water partition coefficient (Wildman–Crippen LogP) is 1.59. The van der Waals surface area contributed by atoms with Crippen LogP contribution in [0.1, 0.15) is 17.2 Å². The van der Waals surface area contributed by atoms with Gasteiger partial charge in [-0.2, -0.15) is 0 Å². The van der Waals surface area contributed by atoms with Crippen molar-refractivity contribution in [3.63, 3.8) is 0 Å². The fourth-order valence-corrected chi connectivity index (χ4v) is 1.19. The van der Waals surface area contributed by atoms with Crippen molar-refractivity contribution in [2.24, 2.45) is 5.73 Å². The molecule has 0 aliphatic carbocycles. The number of methoxy groups -OCH3 is 1. The molecule has 0 aliphatic heterocycles. The van der Waals surface area contributed by atoms with Crippen LogP contribution in [-0.4, -0.2) is 13.1 Å². The van der Waals surface area contributed by atoms with Crippen LogP contribution in [-0.2, 0) is 9.53 Å². The van der Waals surface area contributed by atoms with Crippen LogP contribution in [0.3, 0.4) is 0 Å². The Labute approximate surface area is 89.7 Å². The quantitative estimate of drug-likeness (QED) is 0.763. The highest BCUT2D eigenvalue weighted by molar-refractivity contribution is 5.85. The van der Waals surface area contributed by atoms with Gasteiger partial charge in [-0.15, -0.1) is 12.4 Å². The molecule has 14 heavy (non-hydrogen) atoms. The number of rotatable bonds is 2. The van der Waals surface area contributed by atoms with Gasteiger partial charge in [-0.3, -0.25) is 4.79 Å². The van der Waals surface area contributed by atoms with Crippen molar-refractivity contribution < 1.29 is 9.53 Å². The number of nitrogens with two attached hydrogens (primary N) is 1. The summed E-state index contributed by atoms with van der Waals surface area (Å²) in [6.45, 7) is 1.91. The number of esters is 1. The van der Waals surface area contributed by atoms with Crippen molar-refractivity contribution >= 4 is 18.4 Å². The lowest BCUT2D eigenvalue weighted by Gasteiger charge is -2.11. The minimum absolute atomic E-state index is 0. The summed E-state index contributed by atoms with van der Waals surface area (Å²) in [5.41, 5.74) is 7.49. The highest BCUT2D eigenvalue weighted by Gasteiger charge is 2.17. The summed E-state index contributed by atoms with van der Waals surface area (Å²) >= 11 is 0. The molecular weight excluding hydrogens is 202 g/mol. The number of halogens is 1. The first-order valence-corrected chi connectivity index (χ1v) is 4.05. The van der Waals surface area contributed by atoms with Gasteiger partial charge < -0.3 is 10.5 Å². The van der Waals surface area contributed by atoms with Gasteiger partial charge in [0.25, 0.3) is 0 Å². The number of carbonyl (C=O) groups is 1. The monoisotopic (exact) mass is 215 g/mol. The highest BCUT2D eigenvalue weighted by atomic mass is 35.5. The number of ether oxygens (including phenoxy) is 1. The molecule has 0 spiro atoms. The average molecular weight is 216 g/mol. The van der Waals surface area contributed by atoms with Gasteiger partial charge in [0.05, 0.1) is 7.11 Å². The zero-order valence-corrected chi connectivity index (χ0v) is 9.01. The molecule has 1 unspecified atom stereocenters. The van der Waals surface area contributed by atoms with E-state index < -0.39 is 12.0 Å². The van der Waals surface area contributed by atoms with E-state index in [0.717, 1.165) is 11.1 Å². The Bertz CT molecular complexity index is 315. The number of carbonyl (C=O) groups excluding carboxylic acids is 1. The van der Waals surface area contributed by atoms with Crippen molar-refractivity contribution in [2.75, 3.05) is 7.11 Å². The Morgan fingerprint density at radius 3 is 2.50 bits per heavy atom. The molecule has 1 atom stereocenters. The molecule has 1 aromatic carbocycles. The lowest BCUT2D eigenvalue weighted by Crippen LogP contribution is -2.23. The topological polar surface area (TPSA) is 52.3 Å². The number of hydrogen-bond donors (Lipinski definition) is 1. The van der Waals surface area contributed by atoms with Crippen LogP contribution in [0.25, 0.3) is 0 Å². The summed E-state index contributed by atoms with van der Waals surface area (Å²) in [6, 6.07) is 6.83. The van der Waals surface area contributed by atoms with Crippen LogP contribution in [0.2, 0.25) is 0 Å². The van der Waals surface area contributed by atoms with Gasteiger partial charge in [-0.25, -0.2) is 0 Å². The van der Waals surface area contributed by atoms with E-state index in [1.165, 1.54) is 7.11 Å². The van der Waals surface area contributed by atoms with Crippen molar-refractivity contribution in [1.29, 1.82) is 0 Å². The molecule has 1 aromatic rings. The Balaban J connectivity index is 0.00000169. The van der Waals surface area contributed by atoms with Crippen LogP contribution in [0.15, 0.2) is 24.3 Å². The van der Waals surface area contributed by atoms with Crippen LogP contribution < -0.4 is 5.73 Å². The molecular formula is C10H14ClNO2. The standard InChI is InChI=1S/C10H13NO2.ClH/c1-7-5-3-4-6-8(7)9(11)10(12)13-2;/h3-6,9H,11H2,1-2H3;1H. The van der Waals surface area contributed by atoms with Gasteiger partial charge in [0, 0.05) is 0 Å². The molecule has 1 rings (SSSR count). The van der Waals surface area contributed by atoms with Gasteiger partial charge >= 0.3 is 5.97 Å². The van der Waals surface area contributed by atoms with Crippen molar-refractivity contribution in [3.8, 4) is 0 Å². The van der Waals surface area contributed by atoms with Gasteiger partial charge in [0.1, 0.15) is 6.04 Å². The molecule has 3 nitrogen and oxygen atoms in total. The van der Waals surface area contributed by atoms with E-state index in [4.69, 9.17) is 5.73 Å². The summed E-state index contributed by atoms with van der Waals surface area (Å²) in [7, 11) is 1.33. The van der Waals surface area contributed by atoms with E-state index in [2.05, 4.69) is 4.74 Å². The summed E-state index contributed by atoms with van der Waals surface area (Å²) in [4.78, 5) is 11.1. The molecule has 0 aliphatic rings. The summed E-state index contributed by atoms with van der Waals surface area (Å²) in [5.74, 6) is -0.408. The van der Waals surface area contributed by atoms with E-state index >= 15 is 0 Å². The molecule has 78 valence electrons. The molecule has 0 bridgehead atoms. The number of benzene rings is 1. The zero-order chi connectivity index (χ0) is 9.84. The Morgan fingerprint density at radius 1 is 1.43 bits per heavy atom. The van der Waals surface area contributed by atoms with Gasteiger partial charge in [-0.05, 0) is 18.1 Å². The van der Waals surface area contributed by atoms with Crippen LogP contribution in [0.5, 0.6) is 0 Å². The lowest BCUT2D eigenvalue weighted by molar-refractivity contribution is -0.142. The maximum absolute atomic E-state index is 11.1.